The molecule has 1 N–H and O–H groups in total. The summed E-state index contributed by atoms with van der Waals surface area (Å²) in [5.41, 5.74) is 1.86. The Morgan fingerprint density at radius 1 is 0.971 bits per heavy atom. The largest absolute Gasteiger partial charge is 0.461 e. The van der Waals surface area contributed by atoms with Gasteiger partial charge in [-0.2, -0.15) is 4.31 Å². The average molecular weight is 484 g/mol. The predicted octanol–water partition coefficient (Wildman–Crippen LogP) is 2.28. The van der Waals surface area contributed by atoms with E-state index in [9.17, 15) is 18.0 Å². The van der Waals surface area contributed by atoms with E-state index in [2.05, 4.69) is 15.3 Å². The maximum atomic E-state index is 13.1. The van der Waals surface area contributed by atoms with E-state index in [0.717, 1.165) is 0 Å². The molecular formula is C23H25N5O5S. The van der Waals surface area contributed by atoms with Gasteiger partial charge >= 0.3 is 5.97 Å². The zero-order chi connectivity index (χ0) is 24.3. The third-order valence-corrected chi connectivity index (χ3v) is 7.28. The van der Waals surface area contributed by atoms with Crippen molar-refractivity contribution >= 4 is 44.4 Å². The maximum absolute atomic E-state index is 13.1. The molecule has 4 rings (SSSR count). The lowest BCUT2D eigenvalue weighted by molar-refractivity contribution is -0.114. The number of hydrogen-bond donors (Lipinski definition) is 1. The minimum atomic E-state index is -3.72. The van der Waals surface area contributed by atoms with Gasteiger partial charge in [-0.1, -0.05) is 12.1 Å². The van der Waals surface area contributed by atoms with Crippen LogP contribution in [0, 0.1) is 0 Å². The molecule has 1 aromatic heterocycles. The molecule has 1 fully saturated rings. The summed E-state index contributed by atoms with van der Waals surface area (Å²) in [4.78, 5) is 34.9. The Morgan fingerprint density at radius 3 is 2.18 bits per heavy atom. The van der Waals surface area contributed by atoms with Crippen LogP contribution < -0.4 is 10.2 Å². The minimum absolute atomic E-state index is 0.116. The summed E-state index contributed by atoms with van der Waals surface area (Å²) in [7, 11) is -3.72. The van der Waals surface area contributed by atoms with E-state index in [4.69, 9.17) is 4.74 Å². The molecule has 34 heavy (non-hydrogen) atoms. The van der Waals surface area contributed by atoms with Gasteiger partial charge in [0.15, 0.2) is 11.5 Å². The summed E-state index contributed by atoms with van der Waals surface area (Å²) >= 11 is 0. The van der Waals surface area contributed by atoms with Gasteiger partial charge in [0, 0.05) is 38.8 Å². The second kappa shape index (κ2) is 9.74. The molecular weight excluding hydrogens is 458 g/mol. The lowest BCUT2D eigenvalue weighted by Crippen LogP contribution is -2.49. The first-order valence-electron chi connectivity index (χ1n) is 10.9. The van der Waals surface area contributed by atoms with Gasteiger partial charge < -0.3 is 15.0 Å². The molecule has 1 aliphatic heterocycles. The molecule has 1 saturated heterocycles. The number of nitrogens with one attached hydrogen (secondary N) is 1. The number of sulfonamides is 1. The van der Waals surface area contributed by atoms with Gasteiger partial charge in [-0.25, -0.2) is 23.2 Å². The monoisotopic (exact) mass is 483 g/mol. The second-order valence-corrected chi connectivity index (χ2v) is 9.64. The number of amides is 1. The Kier molecular flexibility index (Phi) is 6.75. The van der Waals surface area contributed by atoms with Crippen LogP contribution in [0.15, 0.2) is 53.4 Å². The molecule has 0 aliphatic carbocycles. The number of anilines is 2. The molecule has 2 heterocycles. The summed E-state index contributed by atoms with van der Waals surface area (Å²) in [5.74, 6) is -0.412. The summed E-state index contributed by atoms with van der Waals surface area (Å²) in [6.45, 7) is 4.42. The van der Waals surface area contributed by atoms with E-state index >= 15 is 0 Å². The van der Waals surface area contributed by atoms with Crippen molar-refractivity contribution < 1.29 is 22.7 Å². The Labute approximate surface area is 197 Å². The number of nitrogens with zero attached hydrogens (tertiary/aromatic N) is 4. The van der Waals surface area contributed by atoms with Gasteiger partial charge in [-0.15, -0.1) is 0 Å². The first kappa shape index (κ1) is 23.6. The summed E-state index contributed by atoms with van der Waals surface area (Å²) in [6.07, 6.45) is 0. The average Bonchev–Trinajstić information content (AvgIpc) is 2.83. The van der Waals surface area contributed by atoms with Crippen LogP contribution in [0.2, 0.25) is 0 Å². The molecule has 0 radical (unpaired) electrons. The van der Waals surface area contributed by atoms with Crippen LogP contribution in [-0.2, 0) is 19.6 Å². The van der Waals surface area contributed by atoms with Crippen LogP contribution in [0.5, 0.6) is 0 Å². The second-order valence-electron chi connectivity index (χ2n) is 7.70. The Bertz CT molecular complexity index is 1320. The Balaban J connectivity index is 1.55. The zero-order valence-electron chi connectivity index (χ0n) is 18.9. The van der Waals surface area contributed by atoms with E-state index in [0.29, 0.717) is 35.6 Å². The van der Waals surface area contributed by atoms with Gasteiger partial charge in [0.05, 0.1) is 22.5 Å². The van der Waals surface area contributed by atoms with Crippen LogP contribution in [0.25, 0.3) is 11.0 Å². The molecule has 10 nitrogen and oxygen atoms in total. The van der Waals surface area contributed by atoms with Crippen LogP contribution in [0.3, 0.4) is 0 Å². The van der Waals surface area contributed by atoms with E-state index in [1.807, 2.05) is 23.1 Å². The van der Waals surface area contributed by atoms with E-state index in [1.165, 1.54) is 23.4 Å². The smallest absolute Gasteiger partial charge is 0.360 e. The molecule has 0 saturated carbocycles. The summed E-state index contributed by atoms with van der Waals surface area (Å²) in [5, 5.41) is 2.62. The number of fused-ring (bicyclic) bond motifs is 1. The van der Waals surface area contributed by atoms with Crippen LogP contribution >= 0.6 is 0 Å². The van der Waals surface area contributed by atoms with E-state index < -0.39 is 16.0 Å². The standard InChI is InChI=1S/C23H25N5O5S/c1-3-33-23(30)21-22(26-20-7-5-4-6-19(20)25-21)27-12-14-28(15-13-27)34(31,32)18-10-8-17(9-11-18)24-16(2)29/h4-11H,3,12-15H2,1-2H3,(H,24,29). The number of aromatic nitrogens is 2. The predicted molar refractivity (Wildman–Crippen MR) is 127 cm³/mol. The molecule has 0 spiro atoms. The first-order valence-corrected chi connectivity index (χ1v) is 12.3. The van der Waals surface area contributed by atoms with Crippen LogP contribution in [-0.4, -0.2) is 67.4 Å². The zero-order valence-corrected chi connectivity index (χ0v) is 19.7. The quantitative estimate of drug-likeness (QED) is 0.530. The normalized spacial score (nSPS) is 14.7. The first-order chi connectivity index (χ1) is 16.3. The molecule has 0 atom stereocenters. The minimum Gasteiger partial charge on any atom is -0.461 e. The topological polar surface area (TPSA) is 122 Å². The van der Waals surface area contributed by atoms with Crippen molar-refractivity contribution in [2.45, 2.75) is 18.7 Å². The molecule has 3 aromatic rings. The molecule has 1 amide bonds. The van der Waals surface area contributed by atoms with Gasteiger partial charge in [-0.3, -0.25) is 4.79 Å². The Morgan fingerprint density at radius 2 is 1.59 bits per heavy atom. The third kappa shape index (κ3) is 4.85. The summed E-state index contributed by atoms with van der Waals surface area (Å²) < 4.78 is 32.8. The van der Waals surface area contributed by atoms with Crippen LogP contribution in [0.1, 0.15) is 24.3 Å². The molecule has 0 unspecified atom stereocenters. The highest BCUT2D eigenvalue weighted by atomic mass is 32.2. The molecule has 0 bridgehead atoms. The Hall–Kier alpha value is -3.57. The number of carbonyl (C=O) groups is 2. The third-order valence-electron chi connectivity index (χ3n) is 5.37. The highest BCUT2D eigenvalue weighted by Gasteiger charge is 2.31. The van der Waals surface area contributed by atoms with Crippen molar-refractivity contribution in [2.75, 3.05) is 43.0 Å². The fourth-order valence-electron chi connectivity index (χ4n) is 3.75. The molecule has 2 aromatic carbocycles. The van der Waals surface area contributed by atoms with E-state index in [1.54, 1.807) is 25.1 Å². The van der Waals surface area contributed by atoms with Crippen LogP contribution in [0.4, 0.5) is 11.5 Å². The molecule has 1 aliphatic rings. The number of benzene rings is 2. The van der Waals surface area contributed by atoms with E-state index in [-0.39, 0.29) is 36.2 Å². The highest BCUT2D eigenvalue weighted by molar-refractivity contribution is 7.89. The van der Waals surface area contributed by atoms with Gasteiger partial charge in [0.25, 0.3) is 0 Å². The van der Waals surface area contributed by atoms with Gasteiger partial charge in [0.2, 0.25) is 15.9 Å². The van der Waals surface area contributed by atoms with Crippen molar-refractivity contribution in [2.24, 2.45) is 0 Å². The number of rotatable bonds is 6. The fraction of sp³-hybridized carbons (Fsp3) is 0.304. The lowest BCUT2D eigenvalue weighted by Gasteiger charge is -2.35. The molecule has 178 valence electrons. The number of ether oxygens (including phenoxy) is 1. The maximum Gasteiger partial charge on any atom is 0.360 e. The van der Waals surface area contributed by atoms with Gasteiger partial charge in [0.1, 0.15) is 0 Å². The molecule has 11 heteroatoms. The highest BCUT2D eigenvalue weighted by Crippen LogP contribution is 2.25. The summed E-state index contributed by atoms with van der Waals surface area (Å²) in [6, 6.07) is 13.3. The number of hydrogen-bond acceptors (Lipinski definition) is 8. The van der Waals surface area contributed by atoms with Crippen molar-refractivity contribution in [1.82, 2.24) is 14.3 Å². The number of esters is 1. The van der Waals surface area contributed by atoms with Crippen molar-refractivity contribution in [3.8, 4) is 0 Å². The SMILES string of the molecule is CCOC(=O)c1nc2ccccc2nc1N1CCN(S(=O)(=O)c2ccc(NC(C)=O)cc2)CC1. The number of carbonyl (C=O) groups excluding carboxylic acids is 2. The number of para-hydroxylation sites is 2. The number of piperazine rings is 1. The van der Waals surface area contributed by atoms with Crippen molar-refractivity contribution in [3.05, 3.63) is 54.2 Å². The fourth-order valence-corrected chi connectivity index (χ4v) is 5.17. The van der Waals surface area contributed by atoms with Gasteiger partial charge in [-0.05, 0) is 43.3 Å². The van der Waals surface area contributed by atoms with Crippen molar-refractivity contribution in [1.29, 1.82) is 0 Å². The lowest BCUT2D eigenvalue weighted by atomic mass is 10.2. The van der Waals surface area contributed by atoms with Crippen molar-refractivity contribution in [3.63, 3.8) is 0 Å².